The SMILES string of the molecule is CC(C)c1nn(-c2cccc(Br)c2)c2n[nH]c(N)c12. The van der Waals surface area contributed by atoms with Gasteiger partial charge in [-0.1, -0.05) is 35.8 Å². The average Bonchev–Trinajstić information content (AvgIpc) is 2.90. The minimum Gasteiger partial charge on any atom is -0.383 e. The molecule has 0 radical (unpaired) electrons. The first-order chi connectivity index (χ1) is 9.08. The Morgan fingerprint density at radius 3 is 2.84 bits per heavy atom. The van der Waals surface area contributed by atoms with Crippen molar-refractivity contribution in [1.82, 2.24) is 20.0 Å². The van der Waals surface area contributed by atoms with Gasteiger partial charge < -0.3 is 5.73 Å². The highest BCUT2D eigenvalue weighted by Crippen LogP contribution is 2.29. The normalized spacial score (nSPS) is 11.6. The topological polar surface area (TPSA) is 72.5 Å². The quantitative estimate of drug-likeness (QED) is 0.761. The molecule has 0 amide bonds. The molecule has 3 N–H and O–H groups in total. The van der Waals surface area contributed by atoms with E-state index in [1.807, 2.05) is 28.9 Å². The monoisotopic (exact) mass is 319 g/mol. The maximum Gasteiger partial charge on any atom is 0.186 e. The Bertz CT molecular complexity index is 741. The van der Waals surface area contributed by atoms with Gasteiger partial charge in [-0.15, -0.1) is 0 Å². The van der Waals surface area contributed by atoms with E-state index in [9.17, 15) is 0 Å². The van der Waals surface area contributed by atoms with Gasteiger partial charge >= 0.3 is 0 Å². The van der Waals surface area contributed by atoms with E-state index in [0.29, 0.717) is 5.82 Å². The van der Waals surface area contributed by atoms with Crippen LogP contribution in [0.25, 0.3) is 16.7 Å². The summed E-state index contributed by atoms with van der Waals surface area (Å²) in [6.45, 7) is 4.19. The fraction of sp³-hybridized carbons (Fsp3) is 0.231. The number of aromatic nitrogens is 4. The molecule has 1 aromatic carbocycles. The lowest BCUT2D eigenvalue weighted by Gasteiger charge is -2.03. The van der Waals surface area contributed by atoms with Crippen LogP contribution in [0.4, 0.5) is 5.82 Å². The molecule has 2 heterocycles. The molecular weight excluding hydrogens is 306 g/mol. The number of benzene rings is 1. The van der Waals surface area contributed by atoms with Crippen LogP contribution in [0, 0.1) is 0 Å². The van der Waals surface area contributed by atoms with Crippen LogP contribution in [-0.2, 0) is 0 Å². The number of nitrogen functional groups attached to an aromatic ring is 1. The second-order valence-electron chi connectivity index (χ2n) is 4.77. The van der Waals surface area contributed by atoms with Crippen LogP contribution in [-0.4, -0.2) is 20.0 Å². The largest absolute Gasteiger partial charge is 0.383 e. The van der Waals surface area contributed by atoms with Crippen molar-refractivity contribution in [2.75, 3.05) is 5.73 Å². The third-order valence-electron chi connectivity index (χ3n) is 3.04. The van der Waals surface area contributed by atoms with Crippen molar-refractivity contribution in [3.8, 4) is 5.69 Å². The summed E-state index contributed by atoms with van der Waals surface area (Å²) in [7, 11) is 0. The molecular formula is C13H14BrN5. The number of nitrogens with two attached hydrogens (primary N) is 1. The van der Waals surface area contributed by atoms with Gasteiger partial charge in [0.1, 0.15) is 5.82 Å². The van der Waals surface area contributed by atoms with E-state index in [2.05, 4.69) is 45.1 Å². The Balaban J connectivity index is 2.30. The van der Waals surface area contributed by atoms with E-state index in [-0.39, 0.29) is 5.92 Å². The maximum atomic E-state index is 5.96. The third kappa shape index (κ3) is 1.92. The van der Waals surface area contributed by atoms with Crippen molar-refractivity contribution in [3.05, 3.63) is 34.4 Å². The van der Waals surface area contributed by atoms with Gasteiger partial charge in [0.25, 0.3) is 0 Å². The first-order valence-electron chi connectivity index (χ1n) is 6.06. The van der Waals surface area contributed by atoms with Gasteiger partial charge in [-0.3, -0.25) is 5.10 Å². The zero-order valence-electron chi connectivity index (χ0n) is 10.7. The fourth-order valence-corrected chi connectivity index (χ4v) is 2.54. The maximum absolute atomic E-state index is 5.96. The molecule has 0 bridgehead atoms. The van der Waals surface area contributed by atoms with Gasteiger partial charge in [0.05, 0.1) is 16.8 Å². The molecule has 0 aliphatic rings. The zero-order valence-corrected chi connectivity index (χ0v) is 12.3. The van der Waals surface area contributed by atoms with E-state index in [1.54, 1.807) is 0 Å². The Hall–Kier alpha value is -1.82. The van der Waals surface area contributed by atoms with Crippen LogP contribution in [0.3, 0.4) is 0 Å². The van der Waals surface area contributed by atoms with Crippen LogP contribution < -0.4 is 5.73 Å². The summed E-state index contributed by atoms with van der Waals surface area (Å²) in [5.74, 6) is 0.857. The summed E-state index contributed by atoms with van der Waals surface area (Å²) >= 11 is 3.47. The molecule has 0 aliphatic carbocycles. The predicted molar refractivity (Wildman–Crippen MR) is 79.4 cm³/mol. The highest BCUT2D eigenvalue weighted by Gasteiger charge is 2.19. The van der Waals surface area contributed by atoms with Crippen LogP contribution in [0.2, 0.25) is 0 Å². The molecule has 19 heavy (non-hydrogen) atoms. The number of anilines is 1. The van der Waals surface area contributed by atoms with Crippen molar-refractivity contribution in [2.45, 2.75) is 19.8 Å². The second-order valence-corrected chi connectivity index (χ2v) is 5.68. The van der Waals surface area contributed by atoms with Gasteiger partial charge in [-0.2, -0.15) is 10.2 Å². The van der Waals surface area contributed by atoms with Crippen LogP contribution in [0.15, 0.2) is 28.7 Å². The summed E-state index contributed by atoms with van der Waals surface area (Å²) in [6, 6.07) is 7.94. The highest BCUT2D eigenvalue weighted by molar-refractivity contribution is 9.10. The van der Waals surface area contributed by atoms with Crippen LogP contribution in [0.5, 0.6) is 0 Å². The van der Waals surface area contributed by atoms with Crippen molar-refractivity contribution in [3.63, 3.8) is 0 Å². The van der Waals surface area contributed by atoms with Gasteiger partial charge in [0.15, 0.2) is 5.65 Å². The van der Waals surface area contributed by atoms with E-state index in [1.165, 1.54) is 0 Å². The van der Waals surface area contributed by atoms with E-state index >= 15 is 0 Å². The van der Waals surface area contributed by atoms with Crippen LogP contribution in [0.1, 0.15) is 25.5 Å². The highest BCUT2D eigenvalue weighted by atomic mass is 79.9. The number of nitrogens with zero attached hydrogens (tertiary/aromatic N) is 3. The lowest BCUT2D eigenvalue weighted by atomic mass is 10.1. The number of nitrogens with one attached hydrogen (secondary N) is 1. The number of hydrogen-bond acceptors (Lipinski definition) is 3. The Morgan fingerprint density at radius 2 is 2.16 bits per heavy atom. The first kappa shape index (κ1) is 12.2. The summed E-state index contributed by atoms with van der Waals surface area (Å²) in [5.41, 5.74) is 8.63. The summed E-state index contributed by atoms with van der Waals surface area (Å²) in [6.07, 6.45) is 0. The second kappa shape index (κ2) is 4.38. The molecule has 0 aliphatic heterocycles. The minimum atomic E-state index is 0.288. The smallest absolute Gasteiger partial charge is 0.186 e. The van der Waals surface area contributed by atoms with Crippen molar-refractivity contribution in [1.29, 1.82) is 0 Å². The number of H-pyrrole nitrogens is 1. The van der Waals surface area contributed by atoms with Crippen molar-refractivity contribution in [2.24, 2.45) is 0 Å². The van der Waals surface area contributed by atoms with Gasteiger partial charge in [-0.05, 0) is 24.1 Å². The Labute approximate surface area is 118 Å². The van der Waals surface area contributed by atoms with Gasteiger partial charge in [0.2, 0.25) is 0 Å². The van der Waals surface area contributed by atoms with E-state index < -0.39 is 0 Å². The molecule has 5 nitrogen and oxygen atoms in total. The third-order valence-corrected chi connectivity index (χ3v) is 3.53. The summed E-state index contributed by atoms with van der Waals surface area (Å²) in [5, 5.41) is 12.7. The van der Waals surface area contributed by atoms with Crippen molar-refractivity contribution >= 4 is 32.8 Å². The standard InChI is InChI=1S/C13H14BrN5/c1-7(2)11-10-12(15)16-17-13(10)19(18-11)9-5-3-4-8(14)6-9/h3-7H,1-2H3,(H3,15,16,17). The van der Waals surface area contributed by atoms with Gasteiger partial charge in [-0.25, -0.2) is 4.68 Å². The van der Waals surface area contributed by atoms with Gasteiger partial charge in [0, 0.05) is 4.47 Å². The number of rotatable bonds is 2. The zero-order chi connectivity index (χ0) is 13.6. The minimum absolute atomic E-state index is 0.288. The number of fused-ring (bicyclic) bond motifs is 1. The molecule has 0 unspecified atom stereocenters. The number of hydrogen-bond donors (Lipinski definition) is 2. The van der Waals surface area contributed by atoms with Crippen molar-refractivity contribution < 1.29 is 0 Å². The molecule has 3 rings (SSSR count). The van der Waals surface area contributed by atoms with E-state index in [0.717, 1.165) is 26.9 Å². The molecule has 6 heteroatoms. The fourth-order valence-electron chi connectivity index (χ4n) is 2.15. The number of aromatic amines is 1. The molecule has 0 saturated heterocycles. The molecule has 0 spiro atoms. The lowest BCUT2D eigenvalue weighted by molar-refractivity contribution is 0.772. The molecule has 0 saturated carbocycles. The first-order valence-corrected chi connectivity index (χ1v) is 6.85. The molecule has 2 aromatic heterocycles. The Kier molecular flexibility index (Phi) is 2.82. The van der Waals surface area contributed by atoms with Crippen LogP contribution >= 0.6 is 15.9 Å². The molecule has 0 fully saturated rings. The molecule has 98 valence electrons. The average molecular weight is 320 g/mol. The van der Waals surface area contributed by atoms with E-state index in [4.69, 9.17) is 5.73 Å². The molecule has 0 atom stereocenters. The predicted octanol–water partition coefficient (Wildman–Crippen LogP) is 3.22. The summed E-state index contributed by atoms with van der Waals surface area (Å²) in [4.78, 5) is 0. The molecule has 3 aromatic rings. The number of halogens is 1. The lowest BCUT2D eigenvalue weighted by Crippen LogP contribution is -1.99. The summed E-state index contributed by atoms with van der Waals surface area (Å²) < 4.78 is 2.82. The Morgan fingerprint density at radius 1 is 1.37 bits per heavy atom.